The van der Waals surface area contributed by atoms with Crippen LogP contribution in [0.1, 0.15) is 35.2 Å². The summed E-state index contributed by atoms with van der Waals surface area (Å²) in [6.07, 6.45) is 3.75. The summed E-state index contributed by atoms with van der Waals surface area (Å²) in [7, 11) is 1.39. The largest absolute Gasteiger partial charge is 0.453 e. The van der Waals surface area contributed by atoms with Gasteiger partial charge in [-0.2, -0.15) is 0 Å². The smallest absolute Gasteiger partial charge is 0.409 e. The number of nitrogens with zero attached hydrogens (tertiary/aromatic N) is 1. The number of amides is 2. The molecule has 1 N–H and O–H groups in total. The number of methoxy groups -OCH3 is 1. The topological polar surface area (TPSA) is 58.6 Å². The number of rotatable bonds is 4. The molecule has 28 heavy (non-hydrogen) atoms. The van der Waals surface area contributed by atoms with E-state index in [1.807, 2.05) is 25.1 Å². The highest BCUT2D eigenvalue weighted by Gasteiger charge is 2.22. The first kappa shape index (κ1) is 20.0. The molecule has 3 rings (SSSR count). The SMILES string of the molecule is COC(=O)N1CCc2ccc(C(C)NC(=O)C=Cc3ccc(Cl)cc3)cc2C1. The van der Waals surface area contributed by atoms with Gasteiger partial charge in [-0.3, -0.25) is 4.79 Å². The van der Waals surface area contributed by atoms with Crippen molar-refractivity contribution in [3.63, 3.8) is 0 Å². The number of halogens is 1. The molecule has 0 saturated heterocycles. The van der Waals surface area contributed by atoms with Crippen LogP contribution in [-0.4, -0.2) is 30.6 Å². The fourth-order valence-corrected chi connectivity index (χ4v) is 3.35. The summed E-state index contributed by atoms with van der Waals surface area (Å²) in [5, 5.41) is 3.63. The molecule has 2 aromatic rings. The van der Waals surface area contributed by atoms with Gasteiger partial charge in [-0.15, -0.1) is 0 Å². The highest BCUT2D eigenvalue weighted by molar-refractivity contribution is 6.30. The quantitative estimate of drug-likeness (QED) is 0.778. The molecule has 1 heterocycles. The molecule has 146 valence electrons. The summed E-state index contributed by atoms with van der Waals surface area (Å²) in [4.78, 5) is 25.7. The van der Waals surface area contributed by atoms with Gasteiger partial charge in [0.25, 0.3) is 0 Å². The van der Waals surface area contributed by atoms with Gasteiger partial charge in [0.1, 0.15) is 0 Å². The average Bonchev–Trinajstić information content (AvgIpc) is 2.71. The highest BCUT2D eigenvalue weighted by Crippen LogP contribution is 2.24. The van der Waals surface area contributed by atoms with Crippen molar-refractivity contribution in [3.8, 4) is 0 Å². The minimum absolute atomic E-state index is 0.152. The highest BCUT2D eigenvalue weighted by atomic mass is 35.5. The van der Waals surface area contributed by atoms with Gasteiger partial charge < -0.3 is 15.0 Å². The maximum absolute atomic E-state index is 12.2. The lowest BCUT2D eigenvalue weighted by atomic mass is 9.95. The van der Waals surface area contributed by atoms with E-state index in [9.17, 15) is 9.59 Å². The van der Waals surface area contributed by atoms with Crippen LogP contribution in [-0.2, 0) is 22.5 Å². The molecular formula is C22H23ClN2O3. The zero-order valence-corrected chi connectivity index (χ0v) is 16.7. The van der Waals surface area contributed by atoms with Crippen molar-refractivity contribution in [1.29, 1.82) is 0 Å². The second-order valence-corrected chi connectivity index (χ2v) is 7.22. The predicted octanol–water partition coefficient (Wildman–Crippen LogP) is 4.36. The fourth-order valence-electron chi connectivity index (χ4n) is 3.22. The van der Waals surface area contributed by atoms with Gasteiger partial charge in [0.05, 0.1) is 13.2 Å². The van der Waals surface area contributed by atoms with Crippen molar-refractivity contribution in [3.05, 3.63) is 75.8 Å². The summed E-state index contributed by atoms with van der Waals surface area (Å²) in [5.74, 6) is -0.170. The van der Waals surface area contributed by atoms with Gasteiger partial charge in [-0.05, 0) is 53.8 Å². The van der Waals surface area contributed by atoms with Crippen molar-refractivity contribution < 1.29 is 14.3 Å². The Morgan fingerprint density at radius 1 is 1.18 bits per heavy atom. The van der Waals surface area contributed by atoms with Crippen LogP contribution >= 0.6 is 11.6 Å². The average molecular weight is 399 g/mol. The van der Waals surface area contributed by atoms with E-state index in [4.69, 9.17) is 16.3 Å². The second-order valence-electron chi connectivity index (χ2n) is 6.78. The lowest BCUT2D eigenvalue weighted by molar-refractivity contribution is -0.117. The third-order valence-electron chi connectivity index (χ3n) is 4.83. The molecular weight excluding hydrogens is 376 g/mol. The van der Waals surface area contributed by atoms with E-state index in [1.54, 1.807) is 23.1 Å². The lowest BCUT2D eigenvalue weighted by Crippen LogP contribution is -2.36. The first-order valence-electron chi connectivity index (χ1n) is 9.15. The van der Waals surface area contributed by atoms with Gasteiger partial charge in [-0.25, -0.2) is 4.79 Å². The van der Waals surface area contributed by atoms with Crippen LogP contribution in [0.5, 0.6) is 0 Å². The molecule has 6 heteroatoms. The summed E-state index contributed by atoms with van der Waals surface area (Å²) < 4.78 is 4.82. The van der Waals surface area contributed by atoms with E-state index in [-0.39, 0.29) is 18.0 Å². The maximum atomic E-state index is 12.2. The van der Waals surface area contributed by atoms with E-state index >= 15 is 0 Å². The fraction of sp³-hybridized carbons (Fsp3) is 0.273. The van der Waals surface area contributed by atoms with Crippen LogP contribution < -0.4 is 5.32 Å². The molecule has 0 aromatic heterocycles. The zero-order valence-electron chi connectivity index (χ0n) is 15.9. The van der Waals surface area contributed by atoms with Gasteiger partial charge in [0, 0.05) is 24.2 Å². The number of benzene rings is 2. The van der Waals surface area contributed by atoms with Crippen molar-refractivity contribution in [2.45, 2.75) is 25.9 Å². The zero-order chi connectivity index (χ0) is 20.1. The van der Waals surface area contributed by atoms with E-state index in [2.05, 4.69) is 17.4 Å². The summed E-state index contributed by atoms with van der Waals surface area (Å²) >= 11 is 5.86. The Bertz CT molecular complexity index is 893. The molecule has 1 atom stereocenters. The van der Waals surface area contributed by atoms with Crippen LogP contribution in [0.25, 0.3) is 6.08 Å². The number of nitrogens with one attached hydrogen (secondary N) is 1. The summed E-state index contributed by atoms with van der Waals surface area (Å²) in [5.41, 5.74) is 4.22. The Labute approximate surface area is 169 Å². The van der Waals surface area contributed by atoms with Crippen molar-refractivity contribution >= 4 is 29.7 Å². The van der Waals surface area contributed by atoms with Crippen molar-refractivity contribution in [2.24, 2.45) is 0 Å². The Morgan fingerprint density at radius 3 is 2.64 bits per heavy atom. The molecule has 0 fully saturated rings. The molecule has 0 radical (unpaired) electrons. The lowest BCUT2D eigenvalue weighted by Gasteiger charge is -2.28. The van der Waals surface area contributed by atoms with Crippen molar-refractivity contribution in [2.75, 3.05) is 13.7 Å². The minimum atomic E-state index is -0.315. The van der Waals surface area contributed by atoms with E-state index in [0.717, 1.165) is 23.1 Å². The molecule has 2 amide bonds. The standard InChI is InChI=1S/C22H23ClN2O3/c1-15(24-21(26)10-5-16-3-8-20(23)9-4-16)18-7-6-17-11-12-25(22(27)28-2)14-19(17)13-18/h3-10,13,15H,11-12,14H2,1-2H3,(H,24,26). The number of carbonyl (C=O) groups is 2. The molecule has 1 aliphatic rings. The van der Waals surface area contributed by atoms with Crippen LogP contribution in [0.4, 0.5) is 4.79 Å². The van der Waals surface area contributed by atoms with Crippen LogP contribution in [0, 0.1) is 0 Å². The number of carbonyl (C=O) groups excluding carboxylic acids is 2. The Morgan fingerprint density at radius 2 is 1.93 bits per heavy atom. The number of hydrogen-bond donors (Lipinski definition) is 1. The monoisotopic (exact) mass is 398 g/mol. The Hall–Kier alpha value is -2.79. The van der Waals surface area contributed by atoms with E-state index < -0.39 is 0 Å². The number of fused-ring (bicyclic) bond motifs is 1. The molecule has 5 nitrogen and oxygen atoms in total. The predicted molar refractivity (Wildman–Crippen MR) is 110 cm³/mol. The normalized spacial score (nSPS) is 14.5. The third kappa shape index (κ3) is 4.93. The first-order valence-corrected chi connectivity index (χ1v) is 9.53. The van der Waals surface area contributed by atoms with Gasteiger partial charge in [-0.1, -0.05) is 41.9 Å². The van der Waals surface area contributed by atoms with Gasteiger partial charge in [0.15, 0.2) is 0 Å². The number of hydrogen-bond acceptors (Lipinski definition) is 3. The maximum Gasteiger partial charge on any atom is 0.409 e. The summed E-state index contributed by atoms with van der Waals surface area (Å²) in [6.45, 7) is 3.12. The Kier molecular flexibility index (Phi) is 6.37. The second kappa shape index (κ2) is 8.93. The Balaban J connectivity index is 1.64. The van der Waals surface area contributed by atoms with Crippen LogP contribution in [0.2, 0.25) is 5.02 Å². The molecule has 1 unspecified atom stereocenters. The molecule has 0 saturated carbocycles. The molecule has 0 spiro atoms. The number of ether oxygens (including phenoxy) is 1. The van der Waals surface area contributed by atoms with Crippen LogP contribution in [0.15, 0.2) is 48.5 Å². The van der Waals surface area contributed by atoms with E-state index in [1.165, 1.54) is 18.7 Å². The van der Waals surface area contributed by atoms with Crippen LogP contribution in [0.3, 0.4) is 0 Å². The summed E-state index contributed by atoms with van der Waals surface area (Å²) in [6, 6.07) is 13.3. The van der Waals surface area contributed by atoms with E-state index in [0.29, 0.717) is 18.1 Å². The molecule has 0 bridgehead atoms. The minimum Gasteiger partial charge on any atom is -0.453 e. The molecule has 1 aliphatic heterocycles. The molecule has 2 aromatic carbocycles. The molecule has 0 aliphatic carbocycles. The third-order valence-corrected chi connectivity index (χ3v) is 5.08. The van der Waals surface area contributed by atoms with Crippen molar-refractivity contribution in [1.82, 2.24) is 10.2 Å². The van der Waals surface area contributed by atoms with Gasteiger partial charge in [0.2, 0.25) is 5.91 Å². The van der Waals surface area contributed by atoms with Gasteiger partial charge >= 0.3 is 6.09 Å². The first-order chi connectivity index (χ1) is 13.5.